The molecule has 1 saturated carbocycles. The summed E-state index contributed by atoms with van der Waals surface area (Å²) in [5, 5.41) is 9.22. The number of hydrogen-bond donors (Lipinski definition) is 1. The lowest BCUT2D eigenvalue weighted by Gasteiger charge is -2.27. The first kappa shape index (κ1) is 15.9. The van der Waals surface area contributed by atoms with E-state index in [1.54, 1.807) is 12.1 Å². The smallest absolute Gasteiger partial charge is 0.314 e. The summed E-state index contributed by atoms with van der Waals surface area (Å²) < 4.78 is 5.39. The Bertz CT molecular complexity index is 430. The van der Waals surface area contributed by atoms with Gasteiger partial charge in [0.15, 0.2) is 0 Å². The average molecular weight is 290 g/mol. The Kier molecular flexibility index (Phi) is 6.09. The van der Waals surface area contributed by atoms with E-state index in [2.05, 4.69) is 6.92 Å². The third-order valence-corrected chi connectivity index (χ3v) is 4.45. The van der Waals surface area contributed by atoms with E-state index in [1.165, 1.54) is 37.8 Å². The number of phenols is 1. The van der Waals surface area contributed by atoms with Crippen LogP contribution in [-0.4, -0.2) is 11.1 Å². The average Bonchev–Trinajstić information content (AvgIpc) is 2.50. The van der Waals surface area contributed by atoms with Gasteiger partial charge in [-0.3, -0.25) is 4.79 Å². The number of benzene rings is 1. The molecule has 0 heterocycles. The molecule has 0 unspecified atom stereocenters. The van der Waals surface area contributed by atoms with Crippen molar-refractivity contribution in [2.75, 3.05) is 0 Å². The van der Waals surface area contributed by atoms with Crippen LogP contribution in [0.4, 0.5) is 0 Å². The second-order valence-electron chi connectivity index (χ2n) is 6.13. The number of phenolic OH excluding ortho intramolecular Hbond substituents is 1. The quantitative estimate of drug-likeness (QED) is 0.470. The van der Waals surface area contributed by atoms with Crippen LogP contribution in [0.3, 0.4) is 0 Å². The molecule has 116 valence electrons. The Morgan fingerprint density at radius 3 is 2.43 bits per heavy atom. The minimum absolute atomic E-state index is 0.0428. The normalized spacial score (nSPS) is 22.0. The number of carbonyl (C=O) groups is 1. The van der Waals surface area contributed by atoms with Crippen LogP contribution in [0.2, 0.25) is 0 Å². The second-order valence-corrected chi connectivity index (χ2v) is 6.13. The van der Waals surface area contributed by atoms with Crippen LogP contribution in [0.15, 0.2) is 24.3 Å². The molecular formula is C18H26O3. The van der Waals surface area contributed by atoms with Crippen LogP contribution < -0.4 is 4.74 Å². The van der Waals surface area contributed by atoms with Crippen molar-refractivity contribution in [1.29, 1.82) is 0 Å². The molecule has 0 bridgehead atoms. The predicted octanol–water partition coefficient (Wildman–Crippen LogP) is 4.68. The van der Waals surface area contributed by atoms with Gasteiger partial charge in [-0.25, -0.2) is 0 Å². The lowest BCUT2D eigenvalue weighted by Crippen LogP contribution is -2.25. The van der Waals surface area contributed by atoms with Crippen molar-refractivity contribution in [3.8, 4) is 11.5 Å². The topological polar surface area (TPSA) is 46.5 Å². The molecule has 3 nitrogen and oxygen atoms in total. The number of ether oxygens (including phenoxy) is 1. The number of esters is 1. The van der Waals surface area contributed by atoms with Crippen molar-refractivity contribution in [2.24, 2.45) is 11.8 Å². The van der Waals surface area contributed by atoms with E-state index < -0.39 is 0 Å². The van der Waals surface area contributed by atoms with Gasteiger partial charge in [-0.1, -0.05) is 32.6 Å². The molecule has 1 aliphatic carbocycles. The van der Waals surface area contributed by atoms with Gasteiger partial charge in [-0.15, -0.1) is 0 Å². The molecule has 0 spiro atoms. The fraction of sp³-hybridized carbons (Fsp3) is 0.611. The molecule has 0 aromatic heterocycles. The van der Waals surface area contributed by atoms with E-state index in [-0.39, 0.29) is 17.6 Å². The number of carbonyl (C=O) groups excluding carboxylic acids is 1. The summed E-state index contributed by atoms with van der Waals surface area (Å²) >= 11 is 0. The molecular weight excluding hydrogens is 264 g/mol. The van der Waals surface area contributed by atoms with E-state index in [0.717, 1.165) is 31.6 Å². The minimum atomic E-state index is -0.118. The van der Waals surface area contributed by atoms with Crippen LogP contribution in [0, 0.1) is 11.8 Å². The molecule has 0 radical (unpaired) electrons. The maximum atomic E-state index is 12.1. The molecule has 0 aliphatic heterocycles. The van der Waals surface area contributed by atoms with Crippen LogP contribution in [0.5, 0.6) is 11.5 Å². The van der Waals surface area contributed by atoms with E-state index >= 15 is 0 Å². The summed E-state index contributed by atoms with van der Waals surface area (Å²) in [5.74, 6) is 1.42. The molecule has 3 heteroatoms. The van der Waals surface area contributed by atoms with Gasteiger partial charge in [0, 0.05) is 0 Å². The van der Waals surface area contributed by atoms with Gasteiger partial charge in [-0.05, 0) is 55.9 Å². The van der Waals surface area contributed by atoms with Gasteiger partial charge >= 0.3 is 5.97 Å². The maximum Gasteiger partial charge on any atom is 0.314 e. The summed E-state index contributed by atoms with van der Waals surface area (Å²) in [6, 6.07) is 6.33. The summed E-state index contributed by atoms with van der Waals surface area (Å²) in [7, 11) is 0. The van der Waals surface area contributed by atoms with Crippen LogP contribution in [0.25, 0.3) is 0 Å². The van der Waals surface area contributed by atoms with Crippen LogP contribution in [0.1, 0.15) is 58.3 Å². The van der Waals surface area contributed by atoms with Gasteiger partial charge in [-0.2, -0.15) is 0 Å². The van der Waals surface area contributed by atoms with Crippen LogP contribution >= 0.6 is 0 Å². The van der Waals surface area contributed by atoms with Crippen LogP contribution in [-0.2, 0) is 4.79 Å². The first-order valence-electron chi connectivity index (χ1n) is 8.19. The first-order valence-corrected chi connectivity index (χ1v) is 8.19. The zero-order chi connectivity index (χ0) is 15.1. The predicted molar refractivity (Wildman–Crippen MR) is 83.3 cm³/mol. The molecule has 1 aliphatic rings. The number of hydrogen-bond acceptors (Lipinski definition) is 3. The first-order chi connectivity index (χ1) is 10.2. The highest BCUT2D eigenvalue weighted by atomic mass is 16.5. The summed E-state index contributed by atoms with van der Waals surface area (Å²) in [6.07, 6.45) is 9.44. The highest BCUT2D eigenvalue weighted by Crippen LogP contribution is 2.33. The summed E-state index contributed by atoms with van der Waals surface area (Å²) in [4.78, 5) is 12.1. The minimum Gasteiger partial charge on any atom is -0.508 e. The molecule has 0 saturated heterocycles. The van der Waals surface area contributed by atoms with Crippen molar-refractivity contribution in [2.45, 2.75) is 58.3 Å². The molecule has 1 aromatic carbocycles. The molecule has 21 heavy (non-hydrogen) atoms. The van der Waals surface area contributed by atoms with E-state index in [0.29, 0.717) is 5.75 Å². The standard InChI is InChI=1S/C18H26O3/c1-2-3-4-5-14-6-8-15(9-7-14)18(20)21-17-12-10-16(19)11-13-17/h10-15,19H,2-9H2,1H3/t14-,15-. The third-order valence-electron chi connectivity index (χ3n) is 4.45. The lowest BCUT2D eigenvalue weighted by molar-refractivity contribution is -0.140. The highest BCUT2D eigenvalue weighted by molar-refractivity contribution is 5.75. The lowest BCUT2D eigenvalue weighted by atomic mass is 9.80. The van der Waals surface area contributed by atoms with E-state index in [4.69, 9.17) is 4.74 Å². The third kappa shape index (κ3) is 5.07. The Morgan fingerprint density at radius 2 is 1.81 bits per heavy atom. The Labute approximate surface area is 127 Å². The van der Waals surface area contributed by atoms with Gasteiger partial charge in [0.05, 0.1) is 5.92 Å². The van der Waals surface area contributed by atoms with Gasteiger partial charge < -0.3 is 9.84 Å². The fourth-order valence-electron chi connectivity index (χ4n) is 3.08. The van der Waals surface area contributed by atoms with Gasteiger partial charge in [0.1, 0.15) is 11.5 Å². The monoisotopic (exact) mass is 290 g/mol. The number of rotatable bonds is 6. The van der Waals surface area contributed by atoms with Crippen molar-refractivity contribution in [3.05, 3.63) is 24.3 Å². The molecule has 2 rings (SSSR count). The molecule has 1 fully saturated rings. The maximum absolute atomic E-state index is 12.1. The van der Waals surface area contributed by atoms with Gasteiger partial charge in [0.2, 0.25) is 0 Å². The molecule has 1 aromatic rings. The van der Waals surface area contributed by atoms with Crippen molar-refractivity contribution in [1.82, 2.24) is 0 Å². The summed E-state index contributed by atoms with van der Waals surface area (Å²) in [5.41, 5.74) is 0. The Hall–Kier alpha value is -1.51. The number of unbranched alkanes of at least 4 members (excludes halogenated alkanes) is 2. The molecule has 0 atom stereocenters. The second kappa shape index (κ2) is 8.06. The Morgan fingerprint density at radius 1 is 1.14 bits per heavy atom. The van der Waals surface area contributed by atoms with Crippen molar-refractivity contribution < 1.29 is 14.6 Å². The largest absolute Gasteiger partial charge is 0.508 e. The molecule has 1 N–H and O–H groups in total. The van der Waals surface area contributed by atoms with E-state index in [9.17, 15) is 9.90 Å². The van der Waals surface area contributed by atoms with E-state index in [1.807, 2.05) is 0 Å². The zero-order valence-corrected chi connectivity index (χ0v) is 12.9. The van der Waals surface area contributed by atoms with Crippen molar-refractivity contribution >= 4 is 5.97 Å². The Balaban J connectivity index is 1.74. The molecule has 0 amide bonds. The summed E-state index contributed by atoms with van der Waals surface area (Å²) in [6.45, 7) is 2.23. The SMILES string of the molecule is CCCCC[C@H]1CC[C@H](C(=O)Oc2ccc(O)cc2)CC1. The fourth-order valence-corrected chi connectivity index (χ4v) is 3.08. The number of aromatic hydroxyl groups is 1. The zero-order valence-electron chi connectivity index (χ0n) is 12.9. The van der Waals surface area contributed by atoms with Crippen molar-refractivity contribution in [3.63, 3.8) is 0 Å². The highest BCUT2D eigenvalue weighted by Gasteiger charge is 2.27. The van der Waals surface area contributed by atoms with Gasteiger partial charge in [0.25, 0.3) is 0 Å².